The molecule has 104 valence electrons. The molecular weight excluding hydrogens is 361 g/mol. The van der Waals surface area contributed by atoms with Gasteiger partial charge in [0.2, 0.25) is 0 Å². The average Bonchev–Trinajstić information content (AvgIpc) is 2.37. The Kier molecular flexibility index (Phi) is 6.79. The molecule has 0 spiro atoms. The minimum absolute atomic E-state index is 0.133. The number of ether oxygens (including phenoxy) is 2. The molecule has 5 nitrogen and oxygen atoms in total. The summed E-state index contributed by atoms with van der Waals surface area (Å²) in [6, 6.07) is 5.67. The highest BCUT2D eigenvalue weighted by Crippen LogP contribution is 2.17. The number of aryl methyl sites for hydroxylation is 1. The zero-order chi connectivity index (χ0) is 14.3. The molecule has 19 heavy (non-hydrogen) atoms. The number of hydrogen-bond donors (Lipinski definition) is 1. The van der Waals surface area contributed by atoms with Gasteiger partial charge in [0.05, 0.1) is 0 Å². The molecule has 1 N–H and O–H groups in total. The summed E-state index contributed by atoms with van der Waals surface area (Å²) in [6.07, 6.45) is 0. The molecule has 0 aliphatic rings. The third-order valence-electron chi connectivity index (χ3n) is 2.25. The fraction of sp³-hybridized carbons (Fsp3) is 0.385. The topological polar surface area (TPSA) is 64.6 Å². The van der Waals surface area contributed by atoms with Gasteiger partial charge in [0.15, 0.2) is 6.61 Å². The standard InChI is InChI=1S/C13H16INO4/c1-3-18-8-13(17)19-7-12(16)15-11-5-4-10(14)6-9(11)2/h4-6H,3,7-8H2,1-2H3,(H,15,16). The molecule has 0 radical (unpaired) electrons. The van der Waals surface area contributed by atoms with Crippen molar-refractivity contribution in [2.75, 3.05) is 25.1 Å². The Morgan fingerprint density at radius 1 is 1.32 bits per heavy atom. The number of anilines is 1. The van der Waals surface area contributed by atoms with E-state index < -0.39 is 5.97 Å². The van der Waals surface area contributed by atoms with Gasteiger partial charge in [0.1, 0.15) is 6.61 Å². The molecule has 0 aromatic heterocycles. The second-order valence-electron chi connectivity index (χ2n) is 3.81. The van der Waals surface area contributed by atoms with Gasteiger partial charge in [-0.1, -0.05) is 0 Å². The van der Waals surface area contributed by atoms with E-state index in [4.69, 9.17) is 9.47 Å². The average molecular weight is 377 g/mol. The largest absolute Gasteiger partial charge is 0.454 e. The molecule has 6 heteroatoms. The van der Waals surface area contributed by atoms with Crippen LogP contribution >= 0.6 is 22.6 Å². The lowest BCUT2D eigenvalue weighted by atomic mass is 10.2. The maximum absolute atomic E-state index is 11.6. The SMILES string of the molecule is CCOCC(=O)OCC(=O)Nc1ccc(I)cc1C. The van der Waals surface area contributed by atoms with E-state index in [1.165, 1.54) is 0 Å². The van der Waals surface area contributed by atoms with Crippen LogP contribution in [-0.4, -0.2) is 31.7 Å². The number of amides is 1. The number of carbonyl (C=O) groups is 2. The summed E-state index contributed by atoms with van der Waals surface area (Å²) in [6.45, 7) is 3.67. The Morgan fingerprint density at radius 2 is 2.05 bits per heavy atom. The first-order chi connectivity index (χ1) is 9.02. The summed E-state index contributed by atoms with van der Waals surface area (Å²) in [5.74, 6) is -0.912. The normalized spacial score (nSPS) is 10.1. The van der Waals surface area contributed by atoms with Gasteiger partial charge in [-0.05, 0) is 60.2 Å². The number of benzene rings is 1. The number of carbonyl (C=O) groups excluding carboxylic acids is 2. The van der Waals surface area contributed by atoms with Crippen molar-refractivity contribution in [1.82, 2.24) is 0 Å². The second-order valence-corrected chi connectivity index (χ2v) is 5.05. The lowest BCUT2D eigenvalue weighted by Gasteiger charge is -2.09. The third-order valence-corrected chi connectivity index (χ3v) is 2.92. The monoisotopic (exact) mass is 377 g/mol. The van der Waals surface area contributed by atoms with Crippen molar-refractivity contribution >= 4 is 40.2 Å². The number of rotatable bonds is 6. The summed E-state index contributed by atoms with van der Waals surface area (Å²) in [5.41, 5.74) is 1.67. The summed E-state index contributed by atoms with van der Waals surface area (Å²) in [5, 5.41) is 2.69. The van der Waals surface area contributed by atoms with Crippen LogP contribution < -0.4 is 5.32 Å². The molecule has 0 aliphatic carbocycles. The predicted octanol–water partition coefficient (Wildman–Crippen LogP) is 2.12. The van der Waals surface area contributed by atoms with Crippen LogP contribution in [0.2, 0.25) is 0 Å². The van der Waals surface area contributed by atoms with Gasteiger partial charge >= 0.3 is 5.97 Å². The Hall–Kier alpha value is -1.15. The van der Waals surface area contributed by atoms with Crippen LogP contribution in [0.4, 0.5) is 5.69 Å². The predicted molar refractivity (Wildman–Crippen MR) is 80.0 cm³/mol. The van der Waals surface area contributed by atoms with Gasteiger partial charge in [-0.2, -0.15) is 0 Å². The third kappa shape index (κ3) is 6.02. The molecule has 0 fully saturated rings. The van der Waals surface area contributed by atoms with E-state index in [2.05, 4.69) is 27.9 Å². The van der Waals surface area contributed by atoms with Crippen molar-refractivity contribution in [2.45, 2.75) is 13.8 Å². The molecule has 1 aromatic carbocycles. The van der Waals surface area contributed by atoms with Crippen LogP contribution in [0.15, 0.2) is 18.2 Å². The zero-order valence-electron chi connectivity index (χ0n) is 10.9. The van der Waals surface area contributed by atoms with Crippen molar-refractivity contribution in [3.8, 4) is 0 Å². The van der Waals surface area contributed by atoms with Gasteiger partial charge in [-0.25, -0.2) is 4.79 Å². The summed E-state index contributed by atoms with van der Waals surface area (Å²) < 4.78 is 10.7. The second kappa shape index (κ2) is 8.11. The van der Waals surface area contributed by atoms with Crippen LogP contribution in [-0.2, 0) is 19.1 Å². The van der Waals surface area contributed by atoms with Crippen molar-refractivity contribution in [1.29, 1.82) is 0 Å². The van der Waals surface area contributed by atoms with Crippen LogP contribution in [0.3, 0.4) is 0 Å². The van der Waals surface area contributed by atoms with E-state index in [0.717, 1.165) is 9.13 Å². The van der Waals surface area contributed by atoms with Crippen LogP contribution in [0.1, 0.15) is 12.5 Å². The molecule has 0 unspecified atom stereocenters. The Labute approximate surface area is 125 Å². The minimum atomic E-state index is -0.545. The van der Waals surface area contributed by atoms with Crippen LogP contribution in [0, 0.1) is 10.5 Å². The quantitative estimate of drug-likeness (QED) is 0.610. The van der Waals surface area contributed by atoms with E-state index >= 15 is 0 Å². The van der Waals surface area contributed by atoms with E-state index in [9.17, 15) is 9.59 Å². The van der Waals surface area contributed by atoms with Gasteiger partial charge in [0.25, 0.3) is 5.91 Å². The number of halogens is 1. The molecule has 0 saturated carbocycles. The molecule has 0 heterocycles. The lowest BCUT2D eigenvalue weighted by molar-refractivity contribution is -0.151. The van der Waals surface area contributed by atoms with Gasteiger partial charge in [-0.15, -0.1) is 0 Å². The maximum atomic E-state index is 11.6. The highest BCUT2D eigenvalue weighted by molar-refractivity contribution is 14.1. The van der Waals surface area contributed by atoms with Crippen LogP contribution in [0.25, 0.3) is 0 Å². The molecule has 0 aliphatic heterocycles. The Bertz CT molecular complexity index is 462. The summed E-state index contributed by atoms with van der Waals surface area (Å²) in [4.78, 5) is 22.7. The Morgan fingerprint density at radius 3 is 2.68 bits per heavy atom. The first-order valence-electron chi connectivity index (χ1n) is 5.82. The summed E-state index contributed by atoms with van der Waals surface area (Å²) in [7, 11) is 0. The molecule has 0 bridgehead atoms. The van der Waals surface area contributed by atoms with E-state index in [0.29, 0.717) is 12.3 Å². The van der Waals surface area contributed by atoms with Crippen LogP contribution in [0.5, 0.6) is 0 Å². The van der Waals surface area contributed by atoms with E-state index in [1.54, 1.807) is 6.92 Å². The minimum Gasteiger partial charge on any atom is -0.454 e. The van der Waals surface area contributed by atoms with Crippen molar-refractivity contribution < 1.29 is 19.1 Å². The Balaban J connectivity index is 2.41. The highest BCUT2D eigenvalue weighted by Gasteiger charge is 2.09. The summed E-state index contributed by atoms with van der Waals surface area (Å²) >= 11 is 2.20. The number of esters is 1. The molecule has 1 amide bonds. The van der Waals surface area contributed by atoms with Gasteiger partial charge < -0.3 is 14.8 Å². The van der Waals surface area contributed by atoms with Gasteiger partial charge in [0, 0.05) is 15.9 Å². The smallest absolute Gasteiger partial charge is 0.332 e. The van der Waals surface area contributed by atoms with Gasteiger partial charge in [-0.3, -0.25) is 4.79 Å². The molecule has 1 aromatic rings. The van der Waals surface area contributed by atoms with Crippen molar-refractivity contribution in [2.24, 2.45) is 0 Å². The van der Waals surface area contributed by atoms with Crippen molar-refractivity contribution in [3.63, 3.8) is 0 Å². The fourth-order valence-corrected chi connectivity index (χ4v) is 1.97. The number of hydrogen-bond acceptors (Lipinski definition) is 4. The lowest BCUT2D eigenvalue weighted by Crippen LogP contribution is -2.23. The molecule has 0 saturated heterocycles. The molecule has 1 rings (SSSR count). The van der Waals surface area contributed by atoms with Crippen molar-refractivity contribution in [3.05, 3.63) is 27.3 Å². The maximum Gasteiger partial charge on any atom is 0.332 e. The molecular formula is C13H16INO4. The first kappa shape index (κ1) is 15.9. The zero-order valence-corrected chi connectivity index (χ0v) is 13.0. The van der Waals surface area contributed by atoms with E-state index in [-0.39, 0.29) is 19.1 Å². The fourth-order valence-electron chi connectivity index (χ4n) is 1.33. The first-order valence-corrected chi connectivity index (χ1v) is 6.90. The highest BCUT2D eigenvalue weighted by atomic mass is 127. The number of nitrogens with one attached hydrogen (secondary N) is 1. The molecule has 0 atom stereocenters. The van der Waals surface area contributed by atoms with E-state index in [1.807, 2.05) is 25.1 Å².